The Balaban J connectivity index is 3.22. The van der Waals surface area contributed by atoms with Crippen molar-refractivity contribution in [1.82, 2.24) is 0 Å². The van der Waals surface area contributed by atoms with Gasteiger partial charge in [0.05, 0.1) is 11.6 Å². The zero-order valence-electron chi connectivity index (χ0n) is 7.10. The number of esters is 1. The summed E-state index contributed by atoms with van der Waals surface area (Å²) < 4.78 is 10.5. The fourth-order valence-electron chi connectivity index (χ4n) is 0.991. The summed E-state index contributed by atoms with van der Waals surface area (Å²) in [6.45, 7) is 3.51. The second kappa shape index (κ2) is 3.31. The Kier molecular flexibility index (Phi) is 2.57. The lowest BCUT2D eigenvalue weighted by molar-refractivity contribution is 0.0598. The van der Waals surface area contributed by atoms with Crippen molar-refractivity contribution < 1.29 is 13.9 Å². The lowest BCUT2D eigenvalue weighted by Gasteiger charge is -1.95. The summed E-state index contributed by atoms with van der Waals surface area (Å²) in [5.74, 6) is 0.885. The molecule has 0 aliphatic heterocycles. The highest BCUT2D eigenvalue weighted by molar-refractivity contribution is 9.10. The number of rotatable bonds is 1. The fourth-order valence-corrected chi connectivity index (χ4v) is 1.51. The molecular weight excluding hydrogens is 224 g/mol. The van der Waals surface area contributed by atoms with Crippen LogP contribution in [0.1, 0.15) is 21.9 Å². The minimum absolute atomic E-state index is 0.378. The largest absolute Gasteiger partial charge is 0.465 e. The number of furan rings is 1. The lowest BCUT2D eigenvalue weighted by atomic mass is 10.2. The third-order valence-corrected chi connectivity index (χ3v) is 2.53. The summed E-state index contributed by atoms with van der Waals surface area (Å²) in [5, 5.41) is 0. The summed E-state index contributed by atoms with van der Waals surface area (Å²) >= 11 is 3.25. The van der Waals surface area contributed by atoms with E-state index in [0.29, 0.717) is 21.6 Å². The number of ether oxygens (including phenoxy) is 1. The van der Waals surface area contributed by atoms with Crippen molar-refractivity contribution in [2.45, 2.75) is 13.8 Å². The molecule has 1 aromatic rings. The molecule has 66 valence electrons. The summed E-state index contributed by atoms with van der Waals surface area (Å²) in [6, 6.07) is 0. The molecule has 4 heteroatoms. The standard InChI is InChI=1S/C8H9BrO3/c1-4-6(8(10)11-3)7(9)5(2)12-4/h1-3H3. The van der Waals surface area contributed by atoms with Gasteiger partial charge in [-0.15, -0.1) is 0 Å². The maximum absolute atomic E-state index is 11.2. The Morgan fingerprint density at radius 3 is 2.33 bits per heavy atom. The van der Waals surface area contributed by atoms with E-state index < -0.39 is 0 Å². The van der Waals surface area contributed by atoms with Crippen LogP contribution >= 0.6 is 15.9 Å². The second-order valence-electron chi connectivity index (χ2n) is 2.39. The Bertz CT molecular complexity index is 314. The molecule has 1 heterocycles. The highest BCUT2D eigenvalue weighted by Gasteiger charge is 2.19. The van der Waals surface area contributed by atoms with Gasteiger partial charge in [0.1, 0.15) is 17.1 Å². The van der Waals surface area contributed by atoms with Gasteiger partial charge in [0, 0.05) is 0 Å². The van der Waals surface area contributed by atoms with Crippen molar-refractivity contribution in [2.75, 3.05) is 7.11 Å². The number of hydrogen-bond donors (Lipinski definition) is 0. The van der Waals surface area contributed by atoms with Crippen LogP contribution in [0.25, 0.3) is 0 Å². The molecule has 0 amide bonds. The SMILES string of the molecule is COC(=O)c1c(C)oc(C)c1Br. The smallest absolute Gasteiger partial charge is 0.342 e. The maximum atomic E-state index is 11.2. The Labute approximate surface area is 78.8 Å². The number of methoxy groups -OCH3 is 1. The van der Waals surface area contributed by atoms with Crippen molar-refractivity contribution in [2.24, 2.45) is 0 Å². The highest BCUT2D eigenvalue weighted by atomic mass is 79.9. The van der Waals surface area contributed by atoms with E-state index in [9.17, 15) is 4.79 Å². The summed E-state index contributed by atoms with van der Waals surface area (Å²) in [6.07, 6.45) is 0. The van der Waals surface area contributed by atoms with Gasteiger partial charge in [0.2, 0.25) is 0 Å². The first-order valence-electron chi connectivity index (χ1n) is 3.41. The van der Waals surface area contributed by atoms with E-state index in [1.54, 1.807) is 13.8 Å². The second-order valence-corrected chi connectivity index (χ2v) is 3.19. The van der Waals surface area contributed by atoms with Crippen LogP contribution in [-0.2, 0) is 4.74 Å². The fraction of sp³-hybridized carbons (Fsp3) is 0.375. The molecule has 3 nitrogen and oxygen atoms in total. The topological polar surface area (TPSA) is 39.4 Å². The molecular formula is C8H9BrO3. The molecule has 0 fully saturated rings. The van der Waals surface area contributed by atoms with Crippen molar-refractivity contribution in [3.05, 3.63) is 21.6 Å². The van der Waals surface area contributed by atoms with E-state index in [0.717, 1.165) is 0 Å². The van der Waals surface area contributed by atoms with E-state index in [4.69, 9.17) is 4.42 Å². The Hall–Kier alpha value is -0.770. The number of carbonyl (C=O) groups excluding carboxylic acids is 1. The van der Waals surface area contributed by atoms with E-state index in [-0.39, 0.29) is 5.97 Å². The number of halogens is 1. The van der Waals surface area contributed by atoms with Crippen LogP contribution in [0.5, 0.6) is 0 Å². The number of aryl methyl sites for hydroxylation is 2. The first kappa shape index (κ1) is 9.32. The van der Waals surface area contributed by atoms with Crippen molar-refractivity contribution in [1.29, 1.82) is 0 Å². The molecule has 0 spiro atoms. The molecule has 0 radical (unpaired) electrons. The molecule has 0 saturated carbocycles. The number of carbonyl (C=O) groups is 1. The van der Waals surface area contributed by atoms with Crippen LogP contribution in [-0.4, -0.2) is 13.1 Å². The van der Waals surface area contributed by atoms with Gasteiger partial charge in [0.15, 0.2) is 0 Å². The molecule has 0 unspecified atom stereocenters. The third-order valence-electron chi connectivity index (χ3n) is 1.58. The normalized spacial score (nSPS) is 10.0. The van der Waals surface area contributed by atoms with Crippen LogP contribution in [0.4, 0.5) is 0 Å². The molecule has 0 saturated heterocycles. The molecule has 0 aromatic carbocycles. The average molecular weight is 233 g/mol. The van der Waals surface area contributed by atoms with Gasteiger partial charge in [-0.1, -0.05) is 0 Å². The summed E-state index contributed by atoms with van der Waals surface area (Å²) in [4.78, 5) is 11.2. The molecule has 0 aliphatic carbocycles. The van der Waals surface area contributed by atoms with Gasteiger partial charge in [-0.25, -0.2) is 4.79 Å². The van der Waals surface area contributed by atoms with Crippen LogP contribution in [0.3, 0.4) is 0 Å². The maximum Gasteiger partial charge on any atom is 0.342 e. The zero-order chi connectivity index (χ0) is 9.30. The van der Waals surface area contributed by atoms with Gasteiger partial charge in [0.25, 0.3) is 0 Å². The quantitative estimate of drug-likeness (QED) is 0.699. The lowest BCUT2D eigenvalue weighted by Crippen LogP contribution is -2.01. The van der Waals surface area contributed by atoms with E-state index in [1.165, 1.54) is 7.11 Å². The Morgan fingerprint density at radius 1 is 1.42 bits per heavy atom. The Morgan fingerprint density at radius 2 is 2.00 bits per heavy atom. The van der Waals surface area contributed by atoms with E-state index in [2.05, 4.69) is 20.7 Å². The van der Waals surface area contributed by atoms with Gasteiger partial charge in [-0.05, 0) is 29.8 Å². The van der Waals surface area contributed by atoms with Crippen LogP contribution in [0.2, 0.25) is 0 Å². The van der Waals surface area contributed by atoms with E-state index >= 15 is 0 Å². The van der Waals surface area contributed by atoms with Gasteiger partial charge < -0.3 is 9.15 Å². The molecule has 0 bridgehead atoms. The van der Waals surface area contributed by atoms with Crippen molar-refractivity contribution >= 4 is 21.9 Å². The minimum atomic E-state index is -0.378. The predicted molar refractivity (Wildman–Crippen MR) is 47.2 cm³/mol. The van der Waals surface area contributed by atoms with Crippen LogP contribution in [0, 0.1) is 13.8 Å². The number of hydrogen-bond acceptors (Lipinski definition) is 3. The van der Waals surface area contributed by atoms with Crippen LogP contribution < -0.4 is 0 Å². The average Bonchev–Trinajstić information content (AvgIpc) is 2.26. The molecule has 12 heavy (non-hydrogen) atoms. The van der Waals surface area contributed by atoms with Crippen LogP contribution in [0.15, 0.2) is 8.89 Å². The van der Waals surface area contributed by atoms with Gasteiger partial charge >= 0.3 is 5.97 Å². The highest BCUT2D eigenvalue weighted by Crippen LogP contribution is 2.27. The van der Waals surface area contributed by atoms with Gasteiger partial charge in [-0.2, -0.15) is 0 Å². The van der Waals surface area contributed by atoms with Gasteiger partial charge in [-0.3, -0.25) is 0 Å². The molecule has 1 aromatic heterocycles. The third kappa shape index (κ3) is 1.39. The minimum Gasteiger partial charge on any atom is -0.465 e. The first-order chi connectivity index (χ1) is 5.57. The van der Waals surface area contributed by atoms with Crippen molar-refractivity contribution in [3.63, 3.8) is 0 Å². The zero-order valence-corrected chi connectivity index (χ0v) is 8.69. The molecule has 0 atom stereocenters. The monoisotopic (exact) mass is 232 g/mol. The summed E-state index contributed by atoms with van der Waals surface area (Å²) in [7, 11) is 1.34. The molecule has 0 N–H and O–H groups in total. The van der Waals surface area contributed by atoms with Crippen molar-refractivity contribution in [3.8, 4) is 0 Å². The first-order valence-corrected chi connectivity index (χ1v) is 4.21. The van der Waals surface area contributed by atoms with E-state index in [1.807, 2.05) is 0 Å². The molecule has 0 aliphatic rings. The predicted octanol–water partition coefficient (Wildman–Crippen LogP) is 2.45. The molecule has 1 rings (SSSR count). The summed E-state index contributed by atoms with van der Waals surface area (Å²) in [5.41, 5.74) is 0.468.